The molecule has 14 heteroatoms. The van der Waals surface area contributed by atoms with E-state index in [-0.39, 0.29) is 12.0 Å². The maximum atomic E-state index is 11.3. The number of aliphatic hydroxyl groups excluding tert-OH is 6. The number of methoxy groups -OCH3 is 1. The third-order valence-electron chi connectivity index (χ3n) is 6.94. The van der Waals surface area contributed by atoms with Gasteiger partial charge in [0.25, 0.3) is 0 Å². The third-order valence-corrected chi connectivity index (χ3v) is 6.94. The highest BCUT2D eigenvalue weighted by molar-refractivity contribution is 5.73. The summed E-state index contributed by atoms with van der Waals surface area (Å²) < 4.78 is 33.4. The average Bonchev–Trinajstić information content (AvgIpc) is 2.81. The molecule has 0 radical (unpaired) electrons. The van der Waals surface area contributed by atoms with Gasteiger partial charge in [0.15, 0.2) is 18.7 Å². The molecule has 0 aromatic rings. The summed E-state index contributed by atoms with van der Waals surface area (Å²) in [5.74, 6) is -1.65. The molecule has 0 amide bonds. The van der Waals surface area contributed by atoms with Gasteiger partial charge in [0.1, 0.15) is 48.8 Å². The summed E-state index contributed by atoms with van der Waals surface area (Å²) >= 11 is 0. The molecule has 14 nitrogen and oxygen atoms in total. The van der Waals surface area contributed by atoms with Crippen LogP contribution < -0.4 is 0 Å². The van der Waals surface area contributed by atoms with Crippen LogP contribution in [0.4, 0.5) is 0 Å². The normalized spacial score (nSPS) is 51.2. The van der Waals surface area contributed by atoms with Crippen molar-refractivity contribution in [3.63, 3.8) is 0 Å². The fraction of sp³-hybridized carbons (Fsp3) is 0.952. The van der Waals surface area contributed by atoms with Crippen LogP contribution in [0.15, 0.2) is 0 Å². The lowest BCUT2D eigenvalue weighted by atomic mass is 9.88. The predicted octanol–water partition coefficient (Wildman–Crippen LogP) is -3.45. The molecule has 204 valence electrons. The maximum Gasteiger partial charge on any atom is 0.335 e. The van der Waals surface area contributed by atoms with Crippen molar-refractivity contribution in [1.29, 1.82) is 0 Å². The average molecular weight is 513 g/mol. The van der Waals surface area contributed by atoms with Crippen LogP contribution in [0, 0.1) is 5.92 Å². The molecular weight excluding hydrogens is 476 g/mol. The number of aliphatic hydroxyl groups is 6. The number of carboxylic acids is 1. The highest BCUT2D eigenvalue weighted by atomic mass is 16.7. The SMILES string of the molecule is COC1[C@@H](C)C(C)O[C@H](C)[C@H]1O[C@H]1OC(CO[C@H]2OC(C(=O)O)[C@@H](O)C(O)C2O)[C@@H](O)C(O)C1O. The second kappa shape index (κ2) is 11.6. The lowest BCUT2D eigenvalue weighted by molar-refractivity contribution is -0.348. The first-order chi connectivity index (χ1) is 16.4. The van der Waals surface area contributed by atoms with Crippen molar-refractivity contribution < 1.29 is 69.0 Å². The van der Waals surface area contributed by atoms with Crippen LogP contribution in [-0.4, -0.2) is 141 Å². The first-order valence-electron chi connectivity index (χ1n) is 11.5. The van der Waals surface area contributed by atoms with Crippen molar-refractivity contribution in [3.8, 4) is 0 Å². The topological polar surface area (TPSA) is 214 Å². The molecule has 3 saturated heterocycles. The van der Waals surface area contributed by atoms with Crippen molar-refractivity contribution in [3.05, 3.63) is 0 Å². The number of hydrogen-bond acceptors (Lipinski definition) is 13. The fourth-order valence-electron chi connectivity index (χ4n) is 4.61. The Balaban J connectivity index is 1.68. The van der Waals surface area contributed by atoms with Gasteiger partial charge in [-0.05, 0) is 13.8 Å². The minimum atomic E-state index is -1.90. The van der Waals surface area contributed by atoms with Crippen molar-refractivity contribution in [2.75, 3.05) is 13.7 Å². The van der Waals surface area contributed by atoms with Crippen molar-refractivity contribution in [2.45, 2.75) is 107 Å². The Bertz CT molecular complexity index is 710. The summed E-state index contributed by atoms with van der Waals surface area (Å²) in [6.45, 7) is 5.02. The highest BCUT2D eigenvalue weighted by Gasteiger charge is 2.51. The first-order valence-corrected chi connectivity index (χ1v) is 11.5. The Labute approximate surface area is 201 Å². The van der Waals surface area contributed by atoms with Gasteiger partial charge in [-0.15, -0.1) is 0 Å². The van der Waals surface area contributed by atoms with Gasteiger partial charge in [-0.2, -0.15) is 0 Å². The van der Waals surface area contributed by atoms with E-state index in [9.17, 15) is 35.4 Å². The molecule has 35 heavy (non-hydrogen) atoms. The van der Waals surface area contributed by atoms with E-state index in [0.717, 1.165) is 0 Å². The van der Waals surface area contributed by atoms with Gasteiger partial charge in [-0.25, -0.2) is 4.79 Å². The van der Waals surface area contributed by atoms with Gasteiger partial charge >= 0.3 is 5.97 Å². The number of aliphatic carboxylic acids is 1. The Hall–Kier alpha value is -1.01. The Morgan fingerprint density at radius 3 is 1.94 bits per heavy atom. The summed E-state index contributed by atoms with van der Waals surface area (Å²) in [6.07, 6.45) is -18.5. The van der Waals surface area contributed by atoms with Crippen molar-refractivity contribution in [1.82, 2.24) is 0 Å². The molecule has 3 fully saturated rings. The predicted molar refractivity (Wildman–Crippen MR) is 112 cm³/mol. The van der Waals surface area contributed by atoms with Crippen LogP contribution in [0.5, 0.6) is 0 Å². The maximum absolute atomic E-state index is 11.3. The van der Waals surface area contributed by atoms with Gasteiger partial charge in [0.05, 0.1) is 24.9 Å². The number of ether oxygens (including phenoxy) is 6. The second-order valence-corrected chi connectivity index (χ2v) is 9.29. The van der Waals surface area contributed by atoms with Gasteiger partial charge in [0.2, 0.25) is 0 Å². The minimum Gasteiger partial charge on any atom is -0.479 e. The van der Waals surface area contributed by atoms with Crippen molar-refractivity contribution in [2.24, 2.45) is 5.92 Å². The Kier molecular flexibility index (Phi) is 9.45. The third kappa shape index (κ3) is 5.79. The Morgan fingerprint density at radius 1 is 0.743 bits per heavy atom. The standard InChI is InChI=1S/C21H36O14/c1-6-7(2)32-8(3)17(16(6)30-4)34-21-15(27)11(23)10(22)9(33-21)5-31-20-14(26)12(24)13(25)18(35-20)19(28)29/h6-18,20-27H,5H2,1-4H3,(H,28,29)/t6-,7?,8+,9?,10+,11?,12?,13-,14?,15?,16?,17+,18?,20-,21+/m0/s1. The highest BCUT2D eigenvalue weighted by Crippen LogP contribution is 2.33. The summed E-state index contributed by atoms with van der Waals surface area (Å²) in [5, 5.41) is 70.2. The van der Waals surface area contributed by atoms with E-state index in [4.69, 9.17) is 33.5 Å². The molecule has 0 aliphatic carbocycles. The van der Waals surface area contributed by atoms with E-state index in [1.807, 2.05) is 13.8 Å². The fourth-order valence-corrected chi connectivity index (χ4v) is 4.61. The molecule has 0 bridgehead atoms. The summed E-state index contributed by atoms with van der Waals surface area (Å²) in [7, 11) is 1.51. The summed E-state index contributed by atoms with van der Waals surface area (Å²) in [5.41, 5.74) is 0. The van der Waals surface area contributed by atoms with E-state index >= 15 is 0 Å². The van der Waals surface area contributed by atoms with E-state index < -0.39 is 92.3 Å². The van der Waals surface area contributed by atoms with Crippen LogP contribution in [0.25, 0.3) is 0 Å². The van der Waals surface area contributed by atoms with Crippen LogP contribution in [0.1, 0.15) is 20.8 Å². The molecular formula is C21H36O14. The molecule has 3 aliphatic heterocycles. The van der Waals surface area contributed by atoms with Crippen LogP contribution in [0.3, 0.4) is 0 Å². The van der Waals surface area contributed by atoms with E-state index in [2.05, 4.69) is 0 Å². The number of carbonyl (C=O) groups is 1. The molecule has 3 rings (SSSR count). The number of hydrogen-bond donors (Lipinski definition) is 7. The molecule has 3 heterocycles. The smallest absolute Gasteiger partial charge is 0.335 e. The second-order valence-electron chi connectivity index (χ2n) is 9.29. The molecule has 0 aromatic heterocycles. The van der Waals surface area contributed by atoms with Crippen LogP contribution >= 0.6 is 0 Å². The lowest BCUT2D eigenvalue weighted by Gasteiger charge is -2.47. The largest absolute Gasteiger partial charge is 0.479 e. The molecule has 3 aliphatic rings. The van der Waals surface area contributed by atoms with Crippen LogP contribution in [-0.2, 0) is 33.2 Å². The molecule has 15 atom stereocenters. The monoisotopic (exact) mass is 512 g/mol. The molecule has 8 unspecified atom stereocenters. The van der Waals surface area contributed by atoms with Crippen LogP contribution in [0.2, 0.25) is 0 Å². The van der Waals surface area contributed by atoms with Gasteiger partial charge in [0, 0.05) is 13.0 Å². The zero-order valence-corrected chi connectivity index (χ0v) is 19.9. The van der Waals surface area contributed by atoms with Crippen molar-refractivity contribution >= 4 is 5.97 Å². The zero-order chi connectivity index (χ0) is 26.2. The quantitative estimate of drug-likeness (QED) is 0.177. The first kappa shape index (κ1) is 28.6. The minimum absolute atomic E-state index is 0.0644. The van der Waals surface area contributed by atoms with E-state index in [1.54, 1.807) is 6.92 Å². The molecule has 7 N–H and O–H groups in total. The molecule has 0 saturated carbocycles. The number of carboxylic acid groups (broad SMARTS) is 1. The summed E-state index contributed by atoms with van der Waals surface area (Å²) in [6, 6.07) is 0. The lowest BCUT2D eigenvalue weighted by Crippen LogP contribution is -2.63. The van der Waals surface area contributed by atoms with Gasteiger partial charge in [-0.1, -0.05) is 6.92 Å². The van der Waals surface area contributed by atoms with Gasteiger partial charge < -0.3 is 64.2 Å². The zero-order valence-electron chi connectivity index (χ0n) is 19.9. The Morgan fingerprint density at radius 2 is 1.34 bits per heavy atom. The number of rotatable bonds is 7. The summed E-state index contributed by atoms with van der Waals surface area (Å²) in [4.78, 5) is 11.3. The van der Waals surface area contributed by atoms with E-state index in [1.165, 1.54) is 7.11 Å². The van der Waals surface area contributed by atoms with Gasteiger partial charge in [-0.3, -0.25) is 0 Å². The molecule has 0 aromatic carbocycles. The molecule has 0 spiro atoms. The van der Waals surface area contributed by atoms with E-state index in [0.29, 0.717) is 0 Å².